The van der Waals surface area contributed by atoms with E-state index in [0.29, 0.717) is 11.4 Å². The van der Waals surface area contributed by atoms with Gasteiger partial charge in [-0.1, -0.05) is 20.8 Å². The number of benzene rings is 1. The van der Waals surface area contributed by atoms with E-state index in [2.05, 4.69) is 41.7 Å². The lowest BCUT2D eigenvalue weighted by Crippen LogP contribution is -2.33. The van der Waals surface area contributed by atoms with E-state index in [1.165, 1.54) is 4.57 Å². The van der Waals surface area contributed by atoms with Gasteiger partial charge in [0.1, 0.15) is 6.54 Å². The number of rotatable bonds is 8. The molecule has 1 amide bonds. The number of anilines is 3. The molecule has 2 aromatic rings. The highest BCUT2D eigenvalue weighted by molar-refractivity contribution is 5.77. The smallest absolute Gasteiger partial charge is 0.294 e. The first kappa shape index (κ1) is 23.3. The molecule has 164 valence electrons. The second-order valence-electron chi connectivity index (χ2n) is 8.94. The van der Waals surface area contributed by atoms with Crippen molar-refractivity contribution in [3.63, 3.8) is 0 Å². The predicted octanol–water partition coefficient (Wildman–Crippen LogP) is 2.91. The zero-order valence-corrected chi connectivity index (χ0v) is 18.8. The molecular weight excluding hydrogens is 380 g/mol. The summed E-state index contributed by atoms with van der Waals surface area (Å²) in [5.74, 6) is -0.0578. The fourth-order valence-electron chi connectivity index (χ4n) is 2.95. The van der Waals surface area contributed by atoms with Crippen LogP contribution in [0.15, 0.2) is 29.2 Å². The van der Waals surface area contributed by atoms with Gasteiger partial charge in [0.05, 0.1) is 11.9 Å². The van der Waals surface area contributed by atoms with Crippen molar-refractivity contribution in [2.75, 3.05) is 30.0 Å². The Hall–Kier alpha value is -3.03. The van der Waals surface area contributed by atoms with Crippen LogP contribution in [0.5, 0.6) is 0 Å². The molecule has 8 heteroatoms. The molecule has 1 heterocycles. The first-order valence-corrected chi connectivity index (χ1v) is 10.2. The zero-order chi connectivity index (χ0) is 22.5. The van der Waals surface area contributed by atoms with Crippen LogP contribution in [-0.2, 0) is 11.3 Å². The topological polar surface area (TPSA) is 114 Å². The summed E-state index contributed by atoms with van der Waals surface area (Å²) in [4.78, 5) is 29.4. The van der Waals surface area contributed by atoms with Crippen LogP contribution in [0.25, 0.3) is 11.3 Å². The summed E-state index contributed by atoms with van der Waals surface area (Å²) in [5, 5.41) is 9.00. The van der Waals surface area contributed by atoms with E-state index < -0.39 is 0 Å². The maximum Gasteiger partial charge on any atom is 0.294 e. The summed E-state index contributed by atoms with van der Waals surface area (Å²) < 4.78 is 1.42. The summed E-state index contributed by atoms with van der Waals surface area (Å²) in [6, 6.07) is 5.60. The number of hydrogen-bond acceptors (Lipinski definition) is 6. The standard InChI is InChI=1S/C22H34N6O2/c1-14(2)27-20-21(30)28(13-19(29)24-6)18(12-26-20)15-9-16(23)11-17(10-15)25-8-7-22(3,4)5/h9-12,14,25H,7-8,13,23H2,1-6H3,(H,24,29)(H,26,27). The molecule has 30 heavy (non-hydrogen) atoms. The normalized spacial score (nSPS) is 11.4. The molecule has 0 aliphatic rings. The number of nitrogens with zero attached hydrogens (tertiary/aromatic N) is 2. The van der Waals surface area contributed by atoms with Crippen LogP contribution in [-0.4, -0.2) is 35.1 Å². The summed E-state index contributed by atoms with van der Waals surface area (Å²) in [6.07, 6.45) is 2.60. The summed E-state index contributed by atoms with van der Waals surface area (Å²) >= 11 is 0. The van der Waals surface area contributed by atoms with Crippen molar-refractivity contribution in [1.82, 2.24) is 14.9 Å². The lowest BCUT2D eigenvalue weighted by Gasteiger charge is -2.19. The first-order valence-electron chi connectivity index (χ1n) is 10.2. The van der Waals surface area contributed by atoms with E-state index in [1.54, 1.807) is 19.3 Å². The van der Waals surface area contributed by atoms with E-state index in [-0.39, 0.29) is 35.3 Å². The highest BCUT2D eigenvalue weighted by Gasteiger charge is 2.16. The van der Waals surface area contributed by atoms with Crippen LogP contribution in [0.1, 0.15) is 41.0 Å². The Morgan fingerprint density at radius 3 is 2.53 bits per heavy atom. The van der Waals surface area contributed by atoms with Crippen molar-refractivity contribution >= 4 is 23.1 Å². The van der Waals surface area contributed by atoms with E-state index in [9.17, 15) is 9.59 Å². The molecule has 0 spiro atoms. The Balaban J connectivity index is 2.47. The highest BCUT2D eigenvalue weighted by Crippen LogP contribution is 2.26. The van der Waals surface area contributed by atoms with Crippen LogP contribution in [0.3, 0.4) is 0 Å². The zero-order valence-electron chi connectivity index (χ0n) is 18.8. The second kappa shape index (κ2) is 9.65. The molecule has 0 saturated carbocycles. The quantitative estimate of drug-likeness (QED) is 0.494. The van der Waals surface area contributed by atoms with Gasteiger partial charge in [-0.2, -0.15) is 0 Å². The van der Waals surface area contributed by atoms with Crippen molar-refractivity contribution in [3.05, 3.63) is 34.7 Å². The molecule has 2 rings (SSSR count). The minimum atomic E-state index is -0.352. The monoisotopic (exact) mass is 414 g/mol. The Morgan fingerprint density at radius 2 is 1.93 bits per heavy atom. The Labute approximate surface area is 178 Å². The largest absolute Gasteiger partial charge is 0.399 e. The fourth-order valence-corrected chi connectivity index (χ4v) is 2.95. The van der Waals surface area contributed by atoms with Crippen LogP contribution >= 0.6 is 0 Å². The average molecular weight is 415 g/mol. The third-order valence-corrected chi connectivity index (χ3v) is 4.52. The summed E-state index contributed by atoms with van der Waals surface area (Å²) in [6.45, 7) is 11.1. The molecule has 8 nitrogen and oxygen atoms in total. The summed E-state index contributed by atoms with van der Waals surface area (Å²) in [5.41, 5.74) is 8.66. The van der Waals surface area contributed by atoms with Gasteiger partial charge in [0.15, 0.2) is 5.82 Å². The van der Waals surface area contributed by atoms with Crippen molar-refractivity contribution in [2.24, 2.45) is 5.41 Å². The number of carbonyl (C=O) groups is 1. The highest BCUT2D eigenvalue weighted by atomic mass is 16.2. The molecule has 0 fully saturated rings. The lowest BCUT2D eigenvalue weighted by atomic mass is 9.92. The Morgan fingerprint density at radius 1 is 1.23 bits per heavy atom. The van der Waals surface area contributed by atoms with Gasteiger partial charge in [0, 0.05) is 36.6 Å². The van der Waals surface area contributed by atoms with E-state index in [1.807, 2.05) is 26.0 Å². The SMILES string of the molecule is CNC(=O)Cn1c(-c2cc(N)cc(NCCC(C)(C)C)c2)cnc(NC(C)C)c1=O. The minimum absolute atomic E-state index is 0.0375. The number of aromatic nitrogens is 2. The van der Waals surface area contributed by atoms with Crippen LogP contribution in [0.2, 0.25) is 0 Å². The molecular formula is C22H34N6O2. The number of likely N-dealkylation sites (N-methyl/N-ethyl adjacent to an activating group) is 1. The van der Waals surface area contributed by atoms with Crippen molar-refractivity contribution in [3.8, 4) is 11.3 Å². The number of nitrogens with one attached hydrogen (secondary N) is 3. The third-order valence-electron chi connectivity index (χ3n) is 4.52. The molecule has 0 radical (unpaired) electrons. The molecule has 5 N–H and O–H groups in total. The van der Waals surface area contributed by atoms with Gasteiger partial charge in [-0.15, -0.1) is 0 Å². The number of carbonyl (C=O) groups excluding carboxylic acids is 1. The third kappa shape index (κ3) is 6.50. The van der Waals surface area contributed by atoms with E-state index >= 15 is 0 Å². The molecule has 0 aliphatic heterocycles. The number of nitrogen functional groups attached to an aromatic ring is 1. The van der Waals surface area contributed by atoms with E-state index in [4.69, 9.17) is 5.73 Å². The molecule has 1 aromatic carbocycles. The van der Waals surface area contributed by atoms with Crippen LogP contribution in [0.4, 0.5) is 17.2 Å². The Kier molecular flexibility index (Phi) is 7.48. The van der Waals surface area contributed by atoms with Crippen molar-refractivity contribution in [1.29, 1.82) is 0 Å². The molecule has 0 bridgehead atoms. The second-order valence-corrected chi connectivity index (χ2v) is 8.94. The number of hydrogen-bond donors (Lipinski definition) is 4. The van der Waals surface area contributed by atoms with Gasteiger partial charge < -0.3 is 21.7 Å². The van der Waals surface area contributed by atoms with E-state index in [0.717, 1.165) is 24.2 Å². The predicted molar refractivity (Wildman–Crippen MR) is 124 cm³/mol. The van der Waals surface area contributed by atoms with Gasteiger partial charge >= 0.3 is 0 Å². The minimum Gasteiger partial charge on any atom is -0.399 e. The van der Waals surface area contributed by atoms with Gasteiger partial charge in [-0.05, 0) is 43.9 Å². The fraction of sp³-hybridized carbons (Fsp3) is 0.500. The van der Waals surface area contributed by atoms with Gasteiger partial charge in [0.2, 0.25) is 5.91 Å². The van der Waals surface area contributed by atoms with Gasteiger partial charge in [-0.3, -0.25) is 14.2 Å². The van der Waals surface area contributed by atoms with Crippen molar-refractivity contribution < 1.29 is 4.79 Å². The molecule has 0 atom stereocenters. The average Bonchev–Trinajstić information content (AvgIpc) is 2.63. The molecule has 1 aromatic heterocycles. The maximum atomic E-state index is 13.0. The van der Waals surface area contributed by atoms with Crippen LogP contribution < -0.4 is 27.2 Å². The maximum absolute atomic E-state index is 13.0. The Bertz CT molecular complexity index is 944. The number of amides is 1. The number of nitrogens with two attached hydrogens (primary N) is 1. The first-order chi connectivity index (χ1) is 14.0. The summed E-state index contributed by atoms with van der Waals surface area (Å²) in [7, 11) is 1.54. The lowest BCUT2D eigenvalue weighted by molar-refractivity contribution is -0.121. The van der Waals surface area contributed by atoms with Gasteiger partial charge in [0.25, 0.3) is 5.56 Å². The molecule has 0 saturated heterocycles. The van der Waals surface area contributed by atoms with Gasteiger partial charge in [-0.25, -0.2) is 4.98 Å². The molecule has 0 unspecified atom stereocenters. The van der Waals surface area contributed by atoms with Crippen molar-refractivity contribution in [2.45, 2.75) is 53.6 Å². The molecule has 0 aliphatic carbocycles. The van der Waals surface area contributed by atoms with Crippen LogP contribution in [0, 0.1) is 5.41 Å².